The lowest BCUT2D eigenvalue weighted by atomic mass is 9.80. The average Bonchev–Trinajstić information content (AvgIpc) is 2.17. The van der Waals surface area contributed by atoms with Crippen LogP contribution in [0, 0.1) is 12.3 Å². The van der Waals surface area contributed by atoms with Gasteiger partial charge in [-0.2, -0.15) is 0 Å². The molecule has 0 aliphatic heterocycles. The minimum absolute atomic E-state index is 0.0156. The Labute approximate surface area is 93.1 Å². The summed E-state index contributed by atoms with van der Waals surface area (Å²) >= 11 is 0. The summed E-state index contributed by atoms with van der Waals surface area (Å²) in [6.07, 6.45) is 1.02. The third-order valence-electron chi connectivity index (χ3n) is 3.01. The van der Waals surface area contributed by atoms with Gasteiger partial charge in [-0.3, -0.25) is 0 Å². The Bertz CT molecular complexity index is 315. The van der Waals surface area contributed by atoms with Crippen LogP contribution >= 0.6 is 0 Å². The first-order chi connectivity index (χ1) is 6.96. The Balaban J connectivity index is 2.78. The lowest BCUT2D eigenvalue weighted by Gasteiger charge is -2.26. The molecule has 0 saturated heterocycles. The Morgan fingerprint density at radius 3 is 2.40 bits per heavy atom. The smallest absolute Gasteiger partial charge is 0.0482 e. The highest BCUT2D eigenvalue weighted by molar-refractivity contribution is 5.28. The van der Waals surface area contributed by atoms with Crippen LogP contribution in [0.3, 0.4) is 0 Å². The molecule has 1 N–H and O–H groups in total. The molecule has 1 aromatic rings. The van der Waals surface area contributed by atoms with Crippen LogP contribution in [0.15, 0.2) is 24.3 Å². The predicted octanol–water partition coefficient (Wildman–Crippen LogP) is 3.51. The summed E-state index contributed by atoms with van der Waals surface area (Å²) in [6.45, 7) is 8.87. The summed E-state index contributed by atoms with van der Waals surface area (Å²) < 4.78 is 0. The molecule has 0 aromatic heterocycles. The fourth-order valence-corrected chi connectivity index (χ4v) is 2.14. The van der Waals surface area contributed by atoms with Crippen molar-refractivity contribution in [2.24, 2.45) is 5.41 Å². The first-order valence-electron chi connectivity index (χ1n) is 5.62. The van der Waals surface area contributed by atoms with E-state index in [1.54, 1.807) is 0 Å². The summed E-state index contributed by atoms with van der Waals surface area (Å²) in [5.74, 6) is 0.508. The molecule has 84 valence electrons. The Hall–Kier alpha value is -0.820. The van der Waals surface area contributed by atoms with E-state index in [9.17, 15) is 5.11 Å². The van der Waals surface area contributed by atoms with E-state index in [1.807, 2.05) is 0 Å². The third kappa shape index (κ3) is 3.35. The van der Waals surface area contributed by atoms with Crippen LogP contribution in [0.2, 0.25) is 0 Å². The lowest BCUT2D eigenvalue weighted by Crippen LogP contribution is -2.19. The topological polar surface area (TPSA) is 20.2 Å². The highest BCUT2D eigenvalue weighted by Gasteiger charge is 2.21. The highest BCUT2D eigenvalue weighted by Crippen LogP contribution is 2.32. The van der Waals surface area contributed by atoms with E-state index < -0.39 is 0 Å². The number of hydrogen-bond donors (Lipinski definition) is 1. The summed E-state index contributed by atoms with van der Waals surface area (Å²) in [6, 6.07) is 8.50. The minimum Gasteiger partial charge on any atom is -0.396 e. The summed E-state index contributed by atoms with van der Waals surface area (Å²) in [5.41, 5.74) is 2.76. The number of hydrogen-bond acceptors (Lipinski definition) is 1. The molecule has 0 spiro atoms. The molecule has 0 aliphatic rings. The molecule has 0 saturated carbocycles. The maximum absolute atomic E-state index is 9.26. The van der Waals surface area contributed by atoms with E-state index in [2.05, 4.69) is 52.0 Å². The molecule has 0 bridgehead atoms. The second-order valence-corrected chi connectivity index (χ2v) is 5.28. The van der Waals surface area contributed by atoms with E-state index in [0.717, 1.165) is 6.42 Å². The quantitative estimate of drug-likeness (QED) is 0.799. The molecular formula is C14H22O. The molecule has 1 unspecified atom stereocenters. The molecule has 1 rings (SSSR count). The second-order valence-electron chi connectivity index (χ2n) is 5.28. The third-order valence-corrected chi connectivity index (χ3v) is 3.01. The van der Waals surface area contributed by atoms with Gasteiger partial charge >= 0.3 is 0 Å². The van der Waals surface area contributed by atoms with Crippen LogP contribution < -0.4 is 0 Å². The van der Waals surface area contributed by atoms with Crippen LogP contribution in [-0.2, 0) is 0 Å². The number of rotatable bonds is 4. The van der Waals surface area contributed by atoms with E-state index in [-0.39, 0.29) is 12.0 Å². The monoisotopic (exact) mass is 206 g/mol. The standard InChI is InChI=1S/C14H22O/c1-11-7-5-6-8-13(11)12(2)9-14(3,4)10-15/h5-8,12,15H,9-10H2,1-4H3. The van der Waals surface area contributed by atoms with Gasteiger partial charge in [-0.25, -0.2) is 0 Å². The first-order valence-corrected chi connectivity index (χ1v) is 5.62. The summed E-state index contributed by atoms with van der Waals surface area (Å²) in [7, 11) is 0. The van der Waals surface area contributed by atoms with Crippen molar-refractivity contribution in [3.05, 3.63) is 35.4 Å². The van der Waals surface area contributed by atoms with Gasteiger partial charge in [-0.15, -0.1) is 0 Å². The number of aliphatic hydroxyl groups is 1. The van der Waals surface area contributed by atoms with Crippen LogP contribution in [0.1, 0.15) is 44.2 Å². The highest BCUT2D eigenvalue weighted by atomic mass is 16.3. The zero-order valence-corrected chi connectivity index (χ0v) is 10.2. The number of benzene rings is 1. The van der Waals surface area contributed by atoms with Gasteiger partial charge in [-0.1, -0.05) is 45.0 Å². The SMILES string of the molecule is Cc1ccccc1C(C)CC(C)(C)CO. The van der Waals surface area contributed by atoms with Crippen LogP contribution in [0.25, 0.3) is 0 Å². The molecule has 1 atom stereocenters. The molecule has 1 heteroatoms. The van der Waals surface area contributed by atoms with Crippen LogP contribution in [0.4, 0.5) is 0 Å². The van der Waals surface area contributed by atoms with Gasteiger partial charge in [0.25, 0.3) is 0 Å². The Kier molecular flexibility index (Phi) is 3.92. The van der Waals surface area contributed by atoms with E-state index >= 15 is 0 Å². The molecule has 15 heavy (non-hydrogen) atoms. The van der Waals surface area contributed by atoms with Crippen molar-refractivity contribution < 1.29 is 5.11 Å². The van der Waals surface area contributed by atoms with E-state index in [0.29, 0.717) is 5.92 Å². The van der Waals surface area contributed by atoms with Gasteiger partial charge in [0, 0.05) is 6.61 Å². The fraction of sp³-hybridized carbons (Fsp3) is 0.571. The van der Waals surface area contributed by atoms with Crippen molar-refractivity contribution in [1.82, 2.24) is 0 Å². The average molecular weight is 206 g/mol. The van der Waals surface area contributed by atoms with Gasteiger partial charge < -0.3 is 5.11 Å². The lowest BCUT2D eigenvalue weighted by molar-refractivity contribution is 0.143. The van der Waals surface area contributed by atoms with Crippen molar-refractivity contribution in [2.75, 3.05) is 6.61 Å². The van der Waals surface area contributed by atoms with Crippen LogP contribution in [0.5, 0.6) is 0 Å². The van der Waals surface area contributed by atoms with Crippen molar-refractivity contribution in [2.45, 2.75) is 40.0 Å². The molecule has 0 aliphatic carbocycles. The number of aryl methyl sites for hydroxylation is 1. The molecule has 1 aromatic carbocycles. The molecular weight excluding hydrogens is 184 g/mol. The van der Waals surface area contributed by atoms with Gasteiger partial charge in [0.2, 0.25) is 0 Å². The second kappa shape index (κ2) is 4.80. The Morgan fingerprint density at radius 2 is 1.87 bits per heavy atom. The molecule has 0 radical (unpaired) electrons. The zero-order chi connectivity index (χ0) is 11.5. The molecule has 0 heterocycles. The summed E-state index contributed by atoms with van der Waals surface area (Å²) in [4.78, 5) is 0. The maximum atomic E-state index is 9.26. The van der Waals surface area contributed by atoms with Crippen molar-refractivity contribution in [3.8, 4) is 0 Å². The zero-order valence-electron chi connectivity index (χ0n) is 10.2. The van der Waals surface area contributed by atoms with Gasteiger partial charge in [-0.05, 0) is 35.8 Å². The van der Waals surface area contributed by atoms with Gasteiger partial charge in [0.1, 0.15) is 0 Å². The minimum atomic E-state index is 0.0156. The van der Waals surface area contributed by atoms with Crippen molar-refractivity contribution in [3.63, 3.8) is 0 Å². The normalized spacial score (nSPS) is 13.9. The number of aliphatic hydroxyl groups excluding tert-OH is 1. The van der Waals surface area contributed by atoms with Crippen molar-refractivity contribution in [1.29, 1.82) is 0 Å². The molecule has 0 amide bonds. The van der Waals surface area contributed by atoms with Gasteiger partial charge in [0.15, 0.2) is 0 Å². The summed E-state index contributed by atoms with van der Waals surface area (Å²) in [5, 5.41) is 9.26. The maximum Gasteiger partial charge on any atom is 0.0482 e. The first kappa shape index (κ1) is 12.3. The predicted molar refractivity (Wildman–Crippen MR) is 65.1 cm³/mol. The Morgan fingerprint density at radius 1 is 1.27 bits per heavy atom. The molecule has 1 nitrogen and oxygen atoms in total. The van der Waals surface area contributed by atoms with Crippen molar-refractivity contribution >= 4 is 0 Å². The molecule has 0 fully saturated rings. The van der Waals surface area contributed by atoms with Crippen LogP contribution in [-0.4, -0.2) is 11.7 Å². The van der Waals surface area contributed by atoms with E-state index in [4.69, 9.17) is 0 Å². The fourth-order valence-electron chi connectivity index (χ4n) is 2.14. The largest absolute Gasteiger partial charge is 0.396 e. The van der Waals surface area contributed by atoms with Gasteiger partial charge in [0.05, 0.1) is 0 Å². The van der Waals surface area contributed by atoms with E-state index in [1.165, 1.54) is 11.1 Å².